The fourth-order valence-corrected chi connectivity index (χ4v) is 11.0. The summed E-state index contributed by atoms with van der Waals surface area (Å²) in [5.41, 5.74) is -0.343. The summed E-state index contributed by atoms with van der Waals surface area (Å²) in [5.74, 6) is 0.361. The van der Waals surface area contributed by atoms with E-state index in [2.05, 4.69) is 67.7 Å². The Bertz CT molecular complexity index is 1100. The summed E-state index contributed by atoms with van der Waals surface area (Å²) in [5, 5.41) is 2.12. The first-order chi connectivity index (χ1) is 18.4. The highest BCUT2D eigenvalue weighted by Crippen LogP contribution is 2.54. The van der Waals surface area contributed by atoms with Crippen molar-refractivity contribution >= 4 is 34.4 Å². The predicted molar refractivity (Wildman–Crippen MR) is 175 cm³/mol. The van der Waals surface area contributed by atoms with Crippen LogP contribution in [0.4, 0.5) is 0 Å². The number of ether oxygens (including phenoxy) is 1. The third kappa shape index (κ3) is 6.48. The van der Waals surface area contributed by atoms with Gasteiger partial charge in [0.2, 0.25) is 0 Å². The van der Waals surface area contributed by atoms with Crippen LogP contribution in [-0.2, 0) is 18.2 Å². The molecule has 0 amide bonds. The summed E-state index contributed by atoms with van der Waals surface area (Å²) in [7, 11) is -6.86. The fourth-order valence-electron chi connectivity index (χ4n) is 5.47. The quantitative estimate of drug-likeness (QED) is 0.165. The Morgan fingerprint density at radius 1 is 0.775 bits per heavy atom. The van der Waals surface area contributed by atoms with E-state index < -0.39 is 23.8 Å². The largest absolute Gasteiger partial charge is 0.411 e. The number of epoxide rings is 1. The van der Waals surface area contributed by atoms with Crippen molar-refractivity contribution in [2.75, 3.05) is 12.8 Å². The van der Waals surface area contributed by atoms with Crippen molar-refractivity contribution in [2.24, 2.45) is 5.92 Å². The van der Waals surface area contributed by atoms with Crippen molar-refractivity contribution in [3.05, 3.63) is 60.7 Å². The Labute approximate surface area is 246 Å². The number of benzene rings is 2. The normalized spacial score (nSPS) is 26.2. The number of hydrogen-bond donors (Lipinski definition) is 0. The lowest BCUT2D eigenvalue weighted by Gasteiger charge is -2.49. The van der Waals surface area contributed by atoms with Crippen molar-refractivity contribution in [2.45, 2.75) is 115 Å². The molecule has 1 heterocycles. The van der Waals surface area contributed by atoms with E-state index >= 15 is 0 Å². The zero-order chi connectivity index (χ0) is 29.6. The molecule has 222 valence electrons. The minimum atomic E-state index is -2.78. The Morgan fingerprint density at radius 2 is 1.15 bits per heavy atom. The van der Waals surface area contributed by atoms with Crippen molar-refractivity contribution in [3.8, 4) is 0 Å². The van der Waals surface area contributed by atoms with E-state index in [1.165, 1.54) is 0 Å². The van der Waals surface area contributed by atoms with Gasteiger partial charge in [-0.2, -0.15) is 0 Å². The van der Waals surface area contributed by atoms with Crippen LogP contribution in [0.25, 0.3) is 0 Å². The summed E-state index contributed by atoms with van der Waals surface area (Å²) in [6, 6.07) is 20.2. The smallest absolute Gasteiger partial charge is 0.192 e. The van der Waals surface area contributed by atoms with Crippen molar-refractivity contribution in [3.63, 3.8) is 0 Å². The van der Waals surface area contributed by atoms with Gasteiger partial charge in [-0.3, -0.25) is 0 Å². The monoisotopic (exact) mass is 600 g/mol. The minimum Gasteiger partial charge on any atom is -0.411 e. The van der Waals surface area contributed by atoms with Gasteiger partial charge < -0.3 is 18.2 Å². The summed E-state index contributed by atoms with van der Waals surface area (Å²) >= 11 is 0. The molecule has 40 heavy (non-hydrogen) atoms. The average molecular weight is 601 g/mol. The maximum atomic E-state index is 14.8. The molecule has 2 aromatic rings. The summed E-state index contributed by atoms with van der Waals surface area (Å²) in [6.07, 6.45) is 3.43. The van der Waals surface area contributed by atoms with E-state index in [1.54, 1.807) is 0 Å². The molecule has 2 aliphatic rings. The van der Waals surface area contributed by atoms with Crippen molar-refractivity contribution in [1.29, 1.82) is 0 Å². The number of rotatable bonds is 9. The molecule has 0 unspecified atom stereocenters. The maximum Gasteiger partial charge on any atom is 0.192 e. The first-order valence-electron chi connectivity index (χ1n) is 15.1. The van der Waals surface area contributed by atoms with Gasteiger partial charge in [-0.15, -0.1) is 0 Å². The lowest BCUT2D eigenvalue weighted by Crippen LogP contribution is -2.58. The van der Waals surface area contributed by atoms with Gasteiger partial charge in [0.05, 0.1) is 18.8 Å². The van der Waals surface area contributed by atoms with Crippen LogP contribution < -0.4 is 10.6 Å². The standard InChI is InChI=1S/C33H53O4PSi2/c1-31(2,3)39(7,8)36-29-23-26(24-30(33(29)25-35-33)37-40(9,10)32(4,5)6)21-22-38(34,27-17-13-11-14-18-27)28-19-15-12-16-20-28/h11-20,26,29-30H,21-25H2,1-10H3/t26?,29-,30-,33?/m1/s1. The van der Waals surface area contributed by atoms with Gasteiger partial charge in [0.15, 0.2) is 16.6 Å². The third-order valence-electron chi connectivity index (χ3n) is 10.3. The zero-order valence-electron chi connectivity index (χ0n) is 26.6. The molecule has 0 N–H and O–H groups in total. The van der Waals surface area contributed by atoms with Crippen LogP contribution in [-0.4, -0.2) is 47.2 Å². The summed E-state index contributed by atoms with van der Waals surface area (Å²) in [4.78, 5) is 0. The Kier molecular flexibility index (Phi) is 8.97. The van der Waals surface area contributed by atoms with Crippen LogP contribution in [0.15, 0.2) is 60.7 Å². The Morgan fingerprint density at radius 3 is 1.48 bits per heavy atom. The summed E-state index contributed by atoms with van der Waals surface area (Å²) < 4.78 is 35.5. The maximum absolute atomic E-state index is 14.8. The van der Waals surface area contributed by atoms with Gasteiger partial charge in [-0.05, 0) is 61.4 Å². The van der Waals surface area contributed by atoms with E-state index in [-0.39, 0.29) is 27.9 Å². The van der Waals surface area contributed by atoms with Crippen LogP contribution in [0.2, 0.25) is 36.3 Å². The highest BCUT2D eigenvalue weighted by Gasteiger charge is 2.64. The SMILES string of the molecule is CC(C)(C)[Si](C)(C)O[C@@H]1CC(CCP(=O)(c2ccccc2)c2ccccc2)C[C@@H](O[Si](C)(C)C(C)(C)C)C12CO2. The molecule has 1 spiro atoms. The van der Waals surface area contributed by atoms with E-state index in [9.17, 15) is 4.57 Å². The molecule has 2 atom stereocenters. The van der Waals surface area contributed by atoms with Gasteiger partial charge in [0.1, 0.15) is 12.7 Å². The third-order valence-corrected chi connectivity index (χ3v) is 22.5. The van der Waals surface area contributed by atoms with Crippen molar-refractivity contribution < 1.29 is 18.2 Å². The molecule has 0 aromatic heterocycles. The average Bonchev–Trinajstić information content (AvgIpc) is 3.66. The van der Waals surface area contributed by atoms with E-state index in [0.29, 0.717) is 18.7 Å². The fraction of sp³-hybridized carbons (Fsp3) is 0.636. The molecule has 4 rings (SSSR count). The second kappa shape index (κ2) is 11.2. The van der Waals surface area contributed by atoms with Crippen LogP contribution in [0.1, 0.15) is 60.8 Å². The molecule has 1 saturated heterocycles. The molecule has 0 bridgehead atoms. The molecular formula is C33H53O4PSi2. The molecule has 4 nitrogen and oxygen atoms in total. The number of hydrogen-bond acceptors (Lipinski definition) is 4. The minimum absolute atomic E-state index is 0.00902. The van der Waals surface area contributed by atoms with Gasteiger partial charge in [0.25, 0.3) is 0 Å². The first kappa shape index (κ1) is 31.9. The predicted octanol–water partition coefficient (Wildman–Crippen LogP) is 8.35. The topological polar surface area (TPSA) is 48.1 Å². The van der Waals surface area contributed by atoms with Crippen LogP contribution in [0.3, 0.4) is 0 Å². The highest BCUT2D eigenvalue weighted by molar-refractivity contribution is 7.78. The van der Waals surface area contributed by atoms with Gasteiger partial charge in [-0.25, -0.2) is 0 Å². The molecule has 1 aliphatic heterocycles. The Hall–Kier alpha value is -1.02. The Balaban J connectivity index is 1.64. The van der Waals surface area contributed by atoms with Crippen LogP contribution >= 0.6 is 7.14 Å². The van der Waals surface area contributed by atoms with E-state index in [4.69, 9.17) is 13.6 Å². The van der Waals surface area contributed by atoms with Gasteiger partial charge in [-0.1, -0.05) is 102 Å². The van der Waals surface area contributed by atoms with Crippen LogP contribution in [0, 0.1) is 5.92 Å². The second-order valence-electron chi connectivity index (χ2n) is 15.2. The lowest BCUT2D eigenvalue weighted by molar-refractivity contribution is -0.0524. The van der Waals surface area contributed by atoms with E-state index in [1.807, 2.05) is 60.7 Å². The molecule has 2 aromatic carbocycles. The molecule has 7 heteroatoms. The highest BCUT2D eigenvalue weighted by atomic mass is 31.2. The van der Waals surface area contributed by atoms with Gasteiger partial charge in [0, 0.05) is 16.8 Å². The molecular weight excluding hydrogens is 548 g/mol. The second-order valence-corrected chi connectivity index (χ2v) is 27.7. The molecule has 0 radical (unpaired) electrons. The van der Waals surface area contributed by atoms with E-state index in [0.717, 1.165) is 29.9 Å². The lowest BCUT2D eigenvalue weighted by atomic mass is 9.77. The first-order valence-corrected chi connectivity index (χ1v) is 22.8. The van der Waals surface area contributed by atoms with Crippen LogP contribution in [0.5, 0.6) is 0 Å². The molecule has 1 saturated carbocycles. The zero-order valence-corrected chi connectivity index (χ0v) is 29.5. The summed E-state index contributed by atoms with van der Waals surface area (Å²) in [6.45, 7) is 23.9. The van der Waals surface area contributed by atoms with Crippen molar-refractivity contribution in [1.82, 2.24) is 0 Å². The molecule has 2 fully saturated rings. The molecule has 1 aliphatic carbocycles. The van der Waals surface area contributed by atoms with Gasteiger partial charge >= 0.3 is 0 Å².